The number of aliphatic hydroxyl groups excluding tert-OH is 6. The van der Waals surface area contributed by atoms with E-state index >= 15 is 0 Å². The van der Waals surface area contributed by atoms with Gasteiger partial charge in [-0.05, 0) is 31.2 Å². The fraction of sp³-hybridized carbons (Fsp3) is 0.464. The molecule has 0 spiro atoms. The number of hydrogen-bond donors (Lipinski definition) is 9. The van der Waals surface area contributed by atoms with Crippen LogP contribution < -0.4 is 14.9 Å². The summed E-state index contributed by atoms with van der Waals surface area (Å²) in [5.41, 5.74) is -1.24. The number of methoxy groups -OCH3 is 1. The van der Waals surface area contributed by atoms with Crippen molar-refractivity contribution in [2.45, 2.75) is 68.3 Å². The molecule has 2 aliphatic heterocycles. The van der Waals surface area contributed by atoms with E-state index in [4.69, 9.17) is 28.1 Å². The van der Waals surface area contributed by atoms with Crippen molar-refractivity contribution in [1.29, 1.82) is 0 Å². The highest BCUT2D eigenvalue weighted by Crippen LogP contribution is 2.43. The Labute approximate surface area is 248 Å². The Hall–Kier alpha value is -3.71. The fourth-order valence-corrected chi connectivity index (χ4v) is 5.10. The zero-order chi connectivity index (χ0) is 32.0. The van der Waals surface area contributed by atoms with E-state index in [0.717, 1.165) is 6.07 Å². The maximum atomic E-state index is 13.9. The lowest BCUT2D eigenvalue weighted by Gasteiger charge is -2.45. The van der Waals surface area contributed by atoms with Gasteiger partial charge in [-0.3, -0.25) is 4.79 Å². The molecule has 0 bridgehead atoms. The van der Waals surface area contributed by atoms with Crippen molar-refractivity contribution < 1.29 is 74.1 Å². The first-order chi connectivity index (χ1) is 20.9. The molecule has 0 unspecified atom stereocenters. The Bertz CT molecular complexity index is 1540. The van der Waals surface area contributed by atoms with Gasteiger partial charge in [0.1, 0.15) is 53.5 Å². The highest BCUT2D eigenvalue weighted by Gasteiger charge is 2.51. The molecule has 3 heterocycles. The van der Waals surface area contributed by atoms with Gasteiger partial charge in [0.25, 0.3) is 0 Å². The number of aliphatic hydroxyl groups is 6. The Morgan fingerprint density at radius 1 is 0.818 bits per heavy atom. The van der Waals surface area contributed by atoms with Gasteiger partial charge in [0.05, 0.1) is 19.8 Å². The number of aromatic hydroxyl groups is 3. The minimum Gasteiger partial charge on any atom is -0.508 e. The number of hydrogen-bond acceptors (Lipinski definition) is 16. The van der Waals surface area contributed by atoms with Crippen molar-refractivity contribution in [3.63, 3.8) is 0 Å². The molecule has 240 valence electrons. The van der Waals surface area contributed by atoms with Gasteiger partial charge in [0, 0.05) is 11.6 Å². The van der Waals surface area contributed by atoms with Crippen molar-refractivity contribution in [2.75, 3.05) is 13.7 Å². The van der Waals surface area contributed by atoms with Gasteiger partial charge < -0.3 is 74.1 Å². The van der Waals surface area contributed by atoms with E-state index < -0.39 is 96.1 Å². The van der Waals surface area contributed by atoms with Crippen LogP contribution in [0.1, 0.15) is 6.92 Å². The van der Waals surface area contributed by atoms with Gasteiger partial charge >= 0.3 is 0 Å². The first kappa shape index (κ1) is 31.7. The number of ether oxygens (including phenoxy) is 5. The largest absolute Gasteiger partial charge is 0.508 e. The maximum absolute atomic E-state index is 13.9. The van der Waals surface area contributed by atoms with Crippen molar-refractivity contribution in [3.8, 4) is 40.1 Å². The summed E-state index contributed by atoms with van der Waals surface area (Å²) in [6.07, 6.45) is -16.5. The van der Waals surface area contributed by atoms with Gasteiger partial charge in [0.2, 0.25) is 23.2 Å². The second-order valence-corrected chi connectivity index (χ2v) is 10.4. The van der Waals surface area contributed by atoms with Crippen LogP contribution in [0.2, 0.25) is 0 Å². The number of phenolic OH excluding ortho intramolecular Hbond substituents is 3. The van der Waals surface area contributed by atoms with E-state index in [2.05, 4.69) is 0 Å². The third-order valence-corrected chi connectivity index (χ3v) is 7.53. The van der Waals surface area contributed by atoms with Crippen LogP contribution in [0, 0.1) is 0 Å². The summed E-state index contributed by atoms with van der Waals surface area (Å²) in [5, 5.41) is 92.3. The van der Waals surface area contributed by atoms with Crippen molar-refractivity contribution in [3.05, 3.63) is 40.6 Å². The van der Waals surface area contributed by atoms with E-state index in [1.165, 1.54) is 38.3 Å². The average molecular weight is 625 g/mol. The highest BCUT2D eigenvalue weighted by molar-refractivity contribution is 5.93. The molecule has 0 radical (unpaired) electrons. The van der Waals surface area contributed by atoms with Crippen LogP contribution in [0.3, 0.4) is 0 Å². The normalized spacial score (nSPS) is 32.5. The lowest BCUT2D eigenvalue weighted by Crippen LogP contribution is -2.64. The van der Waals surface area contributed by atoms with E-state index in [1.807, 2.05) is 0 Å². The second-order valence-electron chi connectivity index (χ2n) is 10.4. The smallest absolute Gasteiger partial charge is 0.239 e. The predicted octanol–water partition coefficient (Wildman–Crippen LogP) is -1.38. The van der Waals surface area contributed by atoms with Crippen LogP contribution in [0.5, 0.6) is 28.7 Å². The van der Waals surface area contributed by atoms with Crippen LogP contribution in [0.4, 0.5) is 0 Å². The number of fused-ring (bicyclic) bond motifs is 1. The summed E-state index contributed by atoms with van der Waals surface area (Å²) in [4.78, 5) is 13.9. The summed E-state index contributed by atoms with van der Waals surface area (Å²) < 4.78 is 33.8. The minimum atomic E-state index is -1.89. The standard InChI is InChI=1S/C28H32O16/c1-9-16(33)19(36)21(38)27(40-9)44-26-20(37)17(34)14(8-29)41-28(26)43-25-18(35)15-12(31)7-13(32)23(39-2)24(15)42-22(25)10-3-5-11(30)6-4-10/h3-7,9,14,16-17,19-21,26-34,36-38H,8H2,1-2H3/t9-,14+,16-,17-,19-,20+,21-,26-,27-,28-/m0/s1. The quantitative estimate of drug-likeness (QED) is 0.147. The third kappa shape index (κ3) is 5.51. The molecule has 2 fully saturated rings. The molecule has 16 nitrogen and oxygen atoms in total. The Morgan fingerprint density at radius 3 is 2.14 bits per heavy atom. The molecule has 10 atom stereocenters. The first-order valence-corrected chi connectivity index (χ1v) is 13.4. The molecule has 2 aromatic carbocycles. The van der Waals surface area contributed by atoms with E-state index in [-0.39, 0.29) is 28.4 Å². The van der Waals surface area contributed by atoms with E-state index in [9.17, 15) is 50.8 Å². The molecule has 1 aromatic heterocycles. The van der Waals surface area contributed by atoms with Gasteiger partial charge in [-0.25, -0.2) is 0 Å². The molecular weight excluding hydrogens is 592 g/mol. The van der Waals surface area contributed by atoms with Crippen LogP contribution in [-0.2, 0) is 14.2 Å². The molecule has 3 aromatic rings. The van der Waals surface area contributed by atoms with Crippen LogP contribution in [0.25, 0.3) is 22.3 Å². The molecule has 44 heavy (non-hydrogen) atoms. The van der Waals surface area contributed by atoms with Crippen molar-refractivity contribution in [2.24, 2.45) is 0 Å². The fourth-order valence-electron chi connectivity index (χ4n) is 5.10. The molecule has 16 heteroatoms. The van der Waals surface area contributed by atoms with Crippen LogP contribution >= 0.6 is 0 Å². The lowest BCUT2D eigenvalue weighted by molar-refractivity contribution is -0.354. The number of phenols is 3. The van der Waals surface area contributed by atoms with E-state index in [0.29, 0.717) is 0 Å². The topological polar surface area (TPSA) is 258 Å². The molecule has 2 saturated heterocycles. The summed E-state index contributed by atoms with van der Waals surface area (Å²) in [5.74, 6) is -2.66. The number of benzene rings is 2. The molecule has 0 aliphatic carbocycles. The van der Waals surface area contributed by atoms with E-state index in [1.54, 1.807) is 0 Å². The van der Waals surface area contributed by atoms with Crippen molar-refractivity contribution >= 4 is 11.0 Å². The first-order valence-electron chi connectivity index (χ1n) is 13.4. The molecule has 0 amide bonds. The monoisotopic (exact) mass is 624 g/mol. The maximum Gasteiger partial charge on any atom is 0.239 e. The van der Waals surface area contributed by atoms with Gasteiger partial charge in [-0.2, -0.15) is 0 Å². The Morgan fingerprint density at radius 2 is 1.50 bits per heavy atom. The van der Waals surface area contributed by atoms with Crippen LogP contribution in [0.15, 0.2) is 39.5 Å². The second kappa shape index (κ2) is 12.4. The predicted molar refractivity (Wildman–Crippen MR) is 145 cm³/mol. The SMILES string of the molecule is COc1c(O)cc(O)c2c(=O)c(O[C@@H]3O[C@H](CO)[C@H](O)[C@@H](O)[C@@H]3O[C@@H]3O[C@@H](C)[C@H](O)[C@H](O)[C@@H]3O)c(-c3ccc(O)cc3)oc12. The zero-order valence-corrected chi connectivity index (χ0v) is 23.3. The number of rotatable bonds is 7. The Balaban J connectivity index is 1.64. The average Bonchev–Trinajstić information content (AvgIpc) is 2.99. The van der Waals surface area contributed by atoms with Gasteiger partial charge in [-0.15, -0.1) is 0 Å². The van der Waals surface area contributed by atoms with Gasteiger partial charge in [-0.1, -0.05) is 0 Å². The minimum absolute atomic E-state index is 0.133. The van der Waals surface area contributed by atoms with Crippen LogP contribution in [-0.4, -0.2) is 121 Å². The van der Waals surface area contributed by atoms with Gasteiger partial charge in [0.15, 0.2) is 29.5 Å². The third-order valence-electron chi connectivity index (χ3n) is 7.53. The zero-order valence-electron chi connectivity index (χ0n) is 23.3. The summed E-state index contributed by atoms with van der Waals surface area (Å²) >= 11 is 0. The lowest BCUT2D eigenvalue weighted by atomic mass is 9.97. The molecule has 5 rings (SSSR count). The molecule has 9 N–H and O–H groups in total. The summed E-state index contributed by atoms with van der Waals surface area (Å²) in [6, 6.07) is 6.09. The van der Waals surface area contributed by atoms with Crippen molar-refractivity contribution in [1.82, 2.24) is 0 Å². The Kier molecular flexibility index (Phi) is 8.90. The highest BCUT2D eigenvalue weighted by atomic mass is 16.8. The summed E-state index contributed by atoms with van der Waals surface area (Å²) in [7, 11) is 1.19. The molecular formula is C28H32O16. The summed E-state index contributed by atoms with van der Waals surface area (Å²) in [6.45, 7) is 0.570. The molecule has 2 aliphatic rings. The molecule has 0 saturated carbocycles.